The first kappa shape index (κ1) is 26.2. The van der Waals surface area contributed by atoms with Crippen molar-refractivity contribution in [2.75, 3.05) is 13.2 Å². The Morgan fingerprint density at radius 2 is 1.59 bits per heavy atom. The summed E-state index contributed by atoms with van der Waals surface area (Å²) in [5, 5.41) is 38.3. The number of rotatable bonds is 13. The van der Waals surface area contributed by atoms with Gasteiger partial charge in [-0.25, -0.2) is 14.2 Å². The molecule has 16 heteroatoms. The number of imidazole rings is 1. The van der Waals surface area contributed by atoms with E-state index in [0.29, 0.717) is 25.7 Å². The maximum absolute atomic E-state index is 12.9. The van der Waals surface area contributed by atoms with Crippen LogP contribution in [0.25, 0.3) is 11.2 Å². The third-order valence-corrected chi connectivity index (χ3v) is 5.30. The lowest BCUT2D eigenvalue weighted by Gasteiger charge is -2.21. The molecule has 2 rings (SSSR count). The smallest absolute Gasteiger partial charge is 0.394 e. The minimum atomic E-state index is -4.52. The molecule has 2 aromatic heterocycles. The topological polar surface area (TPSA) is 240 Å². The van der Waals surface area contributed by atoms with E-state index in [4.69, 9.17) is 14.9 Å². The van der Waals surface area contributed by atoms with Gasteiger partial charge in [-0.15, -0.1) is 0 Å². The maximum Gasteiger partial charge on any atom is 0.469 e. The van der Waals surface area contributed by atoms with Crippen LogP contribution in [-0.2, 0) is 22.2 Å². The molecule has 182 valence electrons. The highest BCUT2D eigenvalue weighted by molar-refractivity contribution is 7.46. The number of phosphoric ester groups is 1. The van der Waals surface area contributed by atoms with Gasteiger partial charge in [0.1, 0.15) is 24.0 Å². The quantitative estimate of drug-likeness (QED) is 0.105. The first-order chi connectivity index (χ1) is 15.0. The molecule has 2 aromatic rings. The van der Waals surface area contributed by atoms with Crippen LogP contribution in [0.4, 0.5) is 0 Å². The molecular formula is C16H27N4O11P. The Morgan fingerprint density at radius 1 is 0.938 bits per heavy atom. The lowest BCUT2D eigenvalue weighted by atomic mass is 10.1. The van der Waals surface area contributed by atoms with Crippen LogP contribution in [0.1, 0.15) is 25.7 Å². The molecule has 0 radical (unpaired) electrons. The third kappa shape index (κ3) is 6.70. The van der Waals surface area contributed by atoms with E-state index in [1.54, 1.807) is 0 Å². The fourth-order valence-corrected chi connectivity index (χ4v) is 3.56. The standard InChI is InChI=1S/C16H27N4O11P/c21-8-10(23)12(24)9(22)7-20-13-11(14(25)18-15(26)17-13)19(16(20)27)5-3-1-2-4-6-31-32(28,29)30/h9-10,12,21-24H,1-8H2,(H2,28,29,30)(H2,17,18,25,26). The number of hydrogen-bond donors (Lipinski definition) is 8. The molecule has 8 N–H and O–H groups in total. The number of aliphatic hydroxyl groups excluding tert-OH is 4. The molecule has 0 aliphatic carbocycles. The highest BCUT2D eigenvalue weighted by atomic mass is 31.2. The van der Waals surface area contributed by atoms with Crippen LogP contribution < -0.4 is 16.9 Å². The predicted octanol–water partition coefficient (Wildman–Crippen LogP) is -3.08. The summed E-state index contributed by atoms with van der Waals surface area (Å²) in [5.74, 6) is 0. The van der Waals surface area contributed by atoms with E-state index in [1.165, 1.54) is 0 Å². The average molecular weight is 482 g/mol. The molecule has 0 bridgehead atoms. The van der Waals surface area contributed by atoms with Gasteiger partial charge in [0.25, 0.3) is 5.56 Å². The molecule has 0 amide bonds. The third-order valence-electron chi connectivity index (χ3n) is 4.78. The summed E-state index contributed by atoms with van der Waals surface area (Å²) < 4.78 is 16.9. The molecule has 15 nitrogen and oxygen atoms in total. The van der Waals surface area contributed by atoms with Crippen molar-refractivity contribution in [2.45, 2.75) is 57.1 Å². The number of aryl methyl sites for hydroxylation is 1. The summed E-state index contributed by atoms with van der Waals surface area (Å²) in [6.07, 6.45) is -3.29. The Hall–Kier alpha value is -2.10. The van der Waals surface area contributed by atoms with Gasteiger partial charge in [-0.1, -0.05) is 12.8 Å². The highest BCUT2D eigenvalue weighted by Crippen LogP contribution is 2.35. The number of H-pyrrole nitrogens is 2. The summed E-state index contributed by atoms with van der Waals surface area (Å²) in [4.78, 5) is 58.4. The largest absolute Gasteiger partial charge is 0.469 e. The zero-order valence-corrected chi connectivity index (χ0v) is 17.8. The minimum absolute atomic E-state index is 0.0642. The number of phosphoric acid groups is 1. The molecule has 0 saturated carbocycles. The van der Waals surface area contributed by atoms with Gasteiger partial charge < -0.3 is 30.2 Å². The van der Waals surface area contributed by atoms with Crippen LogP contribution in [0.3, 0.4) is 0 Å². The fourth-order valence-electron chi connectivity index (χ4n) is 3.20. The molecule has 0 aromatic carbocycles. The number of aromatic nitrogens is 4. The maximum atomic E-state index is 12.9. The normalized spacial score (nSPS) is 15.2. The van der Waals surface area contributed by atoms with E-state index in [0.717, 1.165) is 9.13 Å². The molecular weight excluding hydrogens is 455 g/mol. The summed E-state index contributed by atoms with van der Waals surface area (Å²) in [7, 11) is -4.52. The average Bonchev–Trinajstić information content (AvgIpc) is 2.96. The number of aliphatic hydroxyl groups is 4. The van der Waals surface area contributed by atoms with E-state index in [2.05, 4.69) is 9.51 Å². The molecule has 2 heterocycles. The van der Waals surface area contributed by atoms with Crippen molar-refractivity contribution in [1.29, 1.82) is 0 Å². The van der Waals surface area contributed by atoms with Gasteiger partial charge >= 0.3 is 19.2 Å². The SMILES string of the molecule is O=c1[nH]c(=O)c2c([nH]1)n(CC(O)C(O)C(O)CO)c(=O)n2CCCCCCOP(=O)(O)O. The fraction of sp³-hybridized carbons (Fsp3) is 0.688. The van der Waals surface area contributed by atoms with E-state index in [-0.39, 0.29) is 24.3 Å². The summed E-state index contributed by atoms with van der Waals surface area (Å²) in [6, 6.07) is 0. The predicted molar refractivity (Wildman–Crippen MR) is 109 cm³/mol. The number of unbranched alkanes of at least 4 members (excludes halogenated alkanes) is 3. The van der Waals surface area contributed by atoms with Crippen molar-refractivity contribution < 1.29 is 39.3 Å². The monoisotopic (exact) mass is 482 g/mol. The van der Waals surface area contributed by atoms with Gasteiger partial charge in [0, 0.05) is 6.54 Å². The van der Waals surface area contributed by atoms with Crippen molar-refractivity contribution in [3.8, 4) is 0 Å². The summed E-state index contributed by atoms with van der Waals surface area (Å²) in [5.41, 5.74) is -2.79. The Morgan fingerprint density at radius 3 is 2.22 bits per heavy atom. The van der Waals surface area contributed by atoms with E-state index < -0.39 is 56.2 Å². The zero-order chi connectivity index (χ0) is 24.1. The molecule has 0 spiro atoms. The van der Waals surface area contributed by atoms with Crippen LogP contribution in [0.2, 0.25) is 0 Å². The van der Waals surface area contributed by atoms with Crippen molar-refractivity contribution in [3.05, 3.63) is 31.3 Å². The molecule has 0 aliphatic rings. The molecule has 0 saturated heterocycles. The second kappa shape index (κ2) is 11.2. The number of fused-ring (bicyclic) bond motifs is 1. The lowest BCUT2D eigenvalue weighted by molar-refractivity contribution is -0.0806. The van der Waals surface area contributed by atoms with Gasteiger partial charge in [0.05, 0.1) is 19.8 Å². The number of nitrogens with one attached hydrogen (secondary N) is 2. The van der Waals surface area contributed by atoms with Crippen LogP contribution in [0, 0.1) is 0 Å². The van der Waals surface area contributed by atoms with Gasteiger partial charge in [-0.2, -0.15) is 0 Å². The number of hydrogen-bond acceptors (Lipinski definition) is 9. The second-order valence-corrected chi connectivity index (χ2v) is 8.44. The van der Waals surface area contributed by atoms with E-state index >= 15 is 0 Å². The number of nitrogens with zero attached hydrogens (tertiary/aromatic N) is 2. The van der Waals surface area contributed by atoms with Crippen molar-refractivity contribution in [1.82, 2.24) is 19.1 Å². The van der Waals surface area contributed by atoms with E-state index in [9.17, 15) is 34.3 Å². The summed E-state index contributed by atoms with van der Waals surface area (Å²) in [6.45, 7) is -1.47. The van der Waals surface area contributed by atoms with Crippen LogP contribution in [-0.4, -0.2) is 80.8 Å². The first-order valence-electron chi connectivity index (χ1n) is 9.77. The minimum Gasteiger partial charge on any atom is -0.394 e. The Kier molecular flexibility index (Phi) is 9.12. The number of aromatic amines is 2. The Bertz CT molecular complexity index is 1110. The van der Waals surface area contributed by atoms with Gasteiger partial charge in [-0.3, -0.25) is 28.4 Å². The van der Waals surface area contributed by atoms with Crippen LogP contribution in [0.15, 0.2) is 14.4 Å². The molecule has 3 atom stereocenters. The molecule has 0 aliphatic heterocycles. The van der Waals surface area contributed by atoms with Crippen molar-refractivity contribution >= 4 is 19.0 Å². The second-order valence-electron chi connectivity index (χ2n) is 7.20. The Balaban J connectivity index is 2.19. The van der Waals surface area contributed by atoms with Gasteiger partial charge in [0.2, 0.25) is 0 Å². The van der Waals surface area contributed by atoms with Crippen LogP contribution in [0.5, 0.6) is 0 Å². The first-order valence-corrected chi connectivity index (χ1v) is 11.3. The molecule has 32 heavy (non-hydrogen) atoms. The molecule has 0 fully saturated rings. The van der Waals surface area contributed by atoms with Gasteiger partial charge in [-0.05, 0) is 12.8 Å². The molecule has 3 unspecified atom stereocenters. The van der Waals surface area contributed by atoms with Crippen LogP contribution >= 0.6 is 7.82 Å². The zero-order valence-electron chi connectivity index (χ0n) is 17.0. The highest BCUT2D eigenvalue weighted by Gasteiger charge is 2.27. The summed E-state index contributed by atoms with van der Waals surface area (Å²) >= 11 is 0. The van der Waals surface area contributed by atoms with Crippen molar-refractivity contribution in [2.24, 2.45) is 0 Å². The van der Waals surface area contributed by atoms with E-state index in [1.807, 2.05) is 4.98 Å². The lowest BCUT2D eigenvalue weighted by Crippen LogP contribution is -2.43. The van der Waals surface area contributed by atoms with Gasteiger partial charge in [0.15, 0.2) is 5.52 Å². The Labute approximate surface area is 179 Å². The van der Waals surface area contributed by atoms with Crippen molar-refractivity contribution in [3.63, 3.8) is 0 Å².